The van der Waals surface area contributed by atoms with Crippen LogP contribution in [0.2, 0.25) is 0 Å². The normalized spacial score (nSPS) is 17.9. The van der Waals surface area contributed by atoms with Gasteiger partial charge in [0.2, 0.25) is 16.0 Å². The molecule has 0 unspecified atom stereocenters. The number of ether oxygens (including phenoxy) is 1. The van der Waals surface area contributed by atoms with Crippen molar-refractivity contribution in [3.63, 3.8) is 0 Å². The van der Waals surface area contributed by atoms with E-state index < -0.39 is 44.7 Å². The molecule has 1 atom stereocenters. The number of nitrogens with one attached hydrogen (secondary N) is 2. The molecule has 0 spiro atoms. The fourth-order valence-corrected chi connectivity index (χ4v) is 5.68. The number of rotatable bonds is 4. The van der Waals surface area contributed by atoms with Crippen LogP contribution in [0.1, 0.15) is 49.3 Å². The van der Waals surface area contributed by atoms with Gasteiger partial charge in [0.1, 0.15) is 22.7 Å². The lowest BCUT2D eigenvalue weighted by Crippen LogP contribution is -2.54. The third-order valence-corrected chi connectivity index (χ3v) is 8.23. The van der Waals surface area contributed by atoms with Crippen LogP contribution < -0.4 is 10.6 Å². The van der Waals surface area contributed by atoms with Crippen molar-refractivity contribution >= 4 is 33.7 Å². The van der Waals surface area contributed by atoms with Crippen molar-refractivity contribution in [1.82, 2.24) is 14.6 Å². The molecule has 1 aliphatic heterocycles. The van der Waals surface area contributed by atoms with Crippen LogP contribution in [-0.4, -0.2) is 54.1 Å². The van der Waals surface area contributed by atoms with Crippen molar-refractivity contribution in [3.8, 4) is 17.2 Å². The lowest BCUT2D eigenvalue weighted by molar-refractivity contribution is 0.0558. The number of sulfonamides is 1. The third kappa shape index (κ3) is 6.72. The molecule has 218 valence electrons. The summed E-state index contributed by atoms with van der Waals surface area (Å²) in [7, 11) is -2.81. The van der Waals surface area contributed by atoms with Gasteiger partial charge >= 0.3 is 6.09 Å². The Hall–Kier alpha value is -4.83. The monoisotopic (exact) mass is 592 g/mol. The van der Waals surface area contributed by atoms with Gasteiger partial charge in [0.15, 0.2) is 0 Å². The highest BCUT2D eigenvalue weighted by Gasteiger charge is 2.43. The lowest BCUT2D eigenvalue weighted by Gasteiger charge is -2.36. The summed E-state index contributed by atoms with van der Waals surface area (Å²) < 4.78 is 47.2. The van der Waals surface area contributed by atoms with E-state index in [0.29, 0.717) is 5.56 Å². The van der Waals surface area contributed by atoms with Crippen LogP contribution in [0.5, 0.6) is 0 Å². The van der Waals surface area contributed by atoms with Crippen LogP contribution in [0.25, 0.3) is 11.1 Å². The van der Waals surface area contributed by atoms with Crippen molar-refractivity contribution in [2.75, 3.05) is 18.1 Å². The quantitative estimate of drug-likeness (QED) is 0.456. The number of aromatic nitrogens is 1. The molecule has 0 saturated carbocycles. The predicted molar refractivity (Wildman–Crippen MR) is 154 cm³/mol. The maximum Gasteiger partial charge on any atom is 0.414 e. The minimum absolute atomic E-state index is 0.0909. The zero-order valence-electron chi connectivity index (χ0n) is 23.6. The van der Waals surface area contributed by atoms with Gasteiger partial charge in [0, 0.05) is 30.1 Å². The summed E-state index contributed by atoms with van der Waals surface area (Å²) in [6, 6.07) is 15.9. The third-order valence-electron chi connectivity index (χ3n) is 6.29. The zero-order chi connectivity index (χ0) is 30.9. The number of alkyl carbamates (subject to hydrolysis) is 1. The van der Waals surface area contributed by atoms with Gasteiger partial charge < -0.3 is 10.1 Å². The number of amides is 2. The Kier molecular flexibility index (Phi) is 8.04. The van der Waals surface area contributed by atoms with E-state index in [-0.39, 0.29) is 22.9 Å². The highest BCUT2D eigenvalue weighted by molar-refractivity contribution is 7.89. The maximum absolute atomic E-state index is 15.1. The van der Waals surface area contributed by atoms with Gasteiger partial charge in [-0.1, -0.05) is 18.2 Å². The van der Waals surface area contributed by atoms with Gasteiger partial charge in [-0.2, -0.15) is 5.26 Å². The van der Waals surface area contributed by atoms with Crippen LogP contribution >= 0.6 is 0 Å². The number of carbonyl (C=O) groups is 2. The molecule has 1 aromatic heterocycles. The standard InChI is InChI=1S/C29H29FN6O5S/c1-28(2,3)41-27(38)34-26-35-29(4,17-42(39,40)36(26)5)22-14-21(11-12-23(22)30)33-25(37)24-13-10-20(16-32-24)19-8-6-18(15-31)7-9-19/h6-14,16H,17H2,1-5H3,(H,33,37)(H,34,35,38)/t29-/m0/s1. The van der Waals surface area contributed by atoms with Crippen molar-refractivity contribution in [2.45, 2.75) is 38.8 Å². The Bertz CT molecular complexity index is 1710. The van der Waals surface area contributed by atoms with E-state index in [4.69, 9.17) is 10.00 Å². The van der Waals surface area contributed by atoms with E-state index in [1.54, 1.807) is 51.1 Å². The molecule has 42 heavy (non-hydrogen) atoms. The molecule has 4 rings (SSSR count). The average molecular weight is 593 g/mol. The summed E-state index contributed by atoms with van der Waals surface area (Å²) in [6.45, 7) is 6.36. The molecule has 3 aromatic rings. The number of anilines is 1. The Labute approximate surface area is 243 Å². The fourth-order valence-electron chi connectivity index (χ4n) is 4.21. The first-order chi connectivity index (χ1) is 19.6. The summed E-state index contributed by atoms with van der Waals surface area (Å²) in [5.74, 6) is -2.25. The minimum Gasteiger partial charge on any atom is -0.444 e. The van der Waals surface area contributed by atoms with Gasteiger partial charge in [-0.25, -0.2) is 26.9 Å². The van der Waals surface area contributed by atoms with Crippen molar-refractivity contribution in [3.05, 3.63) is 83.4 Å². The Morgan fingerprint density at radius 2 is 1.74 bits per heavy atom. The van der Waals surface area contributed by atoms with Crippen LogP contribution in [0, 0.1) is 17.1 Å². The van der Waals surface area contributed by atoms with E-state index in [9.17, 15) is 18.0 Å². The van der Waals surface area contributed by atoms with E-state index in [2.05, 4.69) is 26.7 Å². The fraction of sp³-hybridized carbons (Fsp3) is 0.276. The summed E-state index contributed by atoms with van der Waals surface area (Å²) in [5, 5.41) is 14.0. The summed E-state index contributed by atoms with van der Waals surface area (Å²) >= 11 is 0. The highest BCUT2D eigenvalue weighted by Crippen LogP contribution is 2.35. The zero-order valence-corrected chi connectivity index (χ0v) is 24.4. The van der Waals surface area contributed by atoms with Gasteiger partial charge in [0.25, 0.3) is 5.91 Å². The summed E-state index contributed by atoms with van der Waals surface area (Å²) in [6.07, 6.45) is 0.594. The second-order valence-corrected chi connectivity index (χ2v) is 12.8. The number of carbonyl (C=O) groups excluding carboxylic acids is 2. The second kappa shape index (κ2) is 11.2. The number of pyridine rings is 1. The molecule has 1 aliphatic rings. The van der Waals surface area contributed by atoms with Crippen molar-refractivity contribution in [2.24, 2.45) is 4.99 Å². The molecule has 2 heterocycles. The van der Waals surface area contributed by atoms with E-state index >= 15 is 4.39 Å². The molecule has 11 nitrogen and oxygen atoms in total. The number of guanidine groups is 1. The molecule has 0 radical (unpaired) electrons. The molecular formula is C29H29FN6O5S. The highest BCUT2D eigenvalue weighted by atomic mass is 32.2. The first kappa shape index (κ1) is 30.1. The number of halogens is 1. The number of hydrogen-bond donors (Lipinski definition) is 2. The molecule has 0 aliphatic carbocycles. The second-order valence-electron chi connectivity index (χ2n) is 10.8. The van der Waals surface area contributed by atoms with Gasteiger partial charge in [-0.15, -0.1) is 0 Å². The Morgan fingerprint density at radius 3 is 2.33 bits per heavy atom. The number of nitrogens with zero attached hydrogens (tertiary/aromatic N) is 4. The smallest absolute Gasteiger partial charge is 0.414 e. The SMILES string of the molecule is CN1C(NC(=O)OC(C)(C)C)=N[C@](C)(c2cc(NC(=O)c3ccc(-c4ccc(C#N)cc4)cn3)ccc2F)CS1(=O)=O. The molecule has 0 fully saturated rings. The molecule has 13 heteroatoms. The van der Waals surface area contributed by atoms with Crippen LogP contribution in [0.3, 0.4) is 0 Å². The Morgan fingerprint density at radius 1 is 1.07 bits per heavy atom. The Balaban J connectivity index is 1.59. The number of benzene rings is 2. The minimum atomic E-state index is -4.03. The van der Waals surface area contributed by atoms with Crippen molar-refractivity contribution in [1.29, 1.82) is 5.26 Å². The van der Waals surface area contributed by atoms with Crippen LogP contribution in [0.4, 0.5) is 14.9 Å². The molecule has 2 aromatic carbocycles. The van der Waals surface area contributed by atoms with E-state index in [1.165, 1.54) is 38.4 Å². The number of nitriles is 1. The molecule has 0 saturated heterocycles. The van der Waals surface area contributed by atoms with Gasteiger partial charge in [0.05, 0.1) is 17.4 Å². The van der Waals surface area contributed by atoms with Crippen molar-refractivity contribution < 1.29 is 27.1 Å². The number of aliphatic imine (C=N–C) groups is 1. The molecule has 2 amide bonds. The topological polar surface area (TPSA) is 154 Å². The summed E-state index contributed by atoms with van der Waals surface area (Å²) in [4.78, 5) is 33.9. The number of hydrogen-bond acceptors (Lipinski definition) is 8. The van der Waals surface area contributed by atoms with Crippen LogP contribution in [0.15, 0.2) is 65.8 Å². The lowest BCUT2D eigenvalue weighted by atomic mass is 9.93. The first-order valence-electron chi connectivity index (χ1n) is 12.7. The first-order valence-corrected chi connectivity index (χ1v) is 14.4. The molecular weight excluding hydrogens is 563 g/mol. The molecule has 0 bridgehead atoms. The maximum atomic E-state index is 15.1. The summed E-state index contributed by atoms with van der Waals surface area (Å²) in [5.41, 5.74) is -0.251. The van der Waals surface area contributed by atoms with Crippen LogP contribution in [-0.2, 0) is 20.3 Å². The predicted octanol–water partition coefficient (Wildman–Crippen LogP) is 4.38. The average Bonchev–Trinajstić information content (AvgIpc) is 2.91. The van der Waals surface area contributed by atoms with E-state index in [0.717, 1.165) is 21.5 Å². The largest absolute Gasteiger partial charge is 0.444 e. The van der Waals surface area contributed by atoms with Gasteiger partial charge in [-0.05, 0) is 69.7 Å². The van der Waals surface area contributed by atoms with Gasteiger partial charge in [-0.3, -0.25) is 15.1 Å². The molecule has 2 N–H and O–H groups in total. The van der Waals surface area contributed by atoms with E-state index in [1.807, 2.05) is 0 Å².